The van der Waals surface area contributed by atoms with Crippen molar-refractivity contribution in [3.8, 4) is 0 Å². The van der Waals surface area contributed by atoms with Gasteiger partial charge in [0, 0.05) is 12.7 Å². The quantitative estimate of drug-likeness (QED) is 0.869. The lowest BCUT2D eigenvalue weighted by Crippen LogP contribution is -2.38. The third-order valence-corrected chi connectivity index (χ3v) is 4.28. The zero-order valence-corrected chi connectivity index (χ0v) is 13.0. The topological polar surface area (TPSA) is 45.2 Å². The molecule has 4 nitrogen and oxygen atoms in total. The maximum absolute atomic E-state index is 12.1. The molecule has 20 heavy (non-hydrogen) atoms. The Morgan fingerprint density at radius 1 is 1.45 bits per heavy atom. The molecule has 1 aliphatic rings. The van der Waals surface area contributed by atoms with Crippen LogP contribution in [0.25, 0.3) is 0 Å². The van der Waals surface area contributed by atoms with E-state index in [0.29, 0.717) is 23.0 Å². The van der Waals surface area contributed by atoms with Gasteiger partial charge in [-0.15, -0.1) is 0 Å². The summed E-state index contributed by atoms with van der Waals surface area (Å²) in [5, 5.41) is 3.54. The van der Waals surface area contributed by atoms with Gasteiger partial charge in [0.15, 0.2) is 0 Å². The summed E-state index contributed by atoms with van der Waals surface area (Å²) in [6.07, 6.45) is 3.65. The fourth-order valence-electron chi connectivity index (χ4n) is 2.43. The van der Waals surface area contributed by atoms with E-state index in [0.717, 1.165) is 32.5 Å². The number of carbonyl (C=O) groups excluding carboxylic acids is 1. The summed E-state index contributed by atoms with van der Waals surface area (Å²) >= 11 is 11.7. The highest BCUT2D eigenvalue weighted by Crippen LogP contribution is 2.19. The summed E-state index contributed by atoms with van der Waals surface area (Å²) in [7, 11) is 0. The van der Waals surface area contributed by atoms with Crippen LogP contribution in [0.15, 0.2) is 12.3 Å². The minimum absolute atomic E-state index is 0.183. The highest BCUT2D eigenvalue weighted by atomic mass is 35.5. The van der Waals surface area contributed by atoms with Crippen LogP contribution in [0.1, 0.15) is 30.1 Å². The lowest BCUT2D eigenvalue weighted by Gasteiger charge is -2.31. The number of rotatable bonds is 4. The number of hydrogen-bond acceptors (Lipinski definition) is 3. The number of likely N-dealkylation sites (tertiary alicyclic amines) is 1. The molecule has 0 aliphatic carbocycles. The van der Waals surface area contributed by atoms with Crippen molar-refractivity contribution in [3.05, 3.63) is 28.0 Å². The summed E-state index contributed by atoms with van der Waals surface area (Å²) in [4.78, 5) is 18.4. The SMILES string of the molecule is CCN1CCC(CNC(=O)c2cc(Cl)ncc2Cl)CC1. The Kier molecular flexibility index (Phi) is 5.64. The lowest BCUT2D eigenvalue weighted by atomic mass is 9.97. The van der Waals surface area contributed by atoms with E-state index in [-0.39, 0.29) is 11.1 Å². The van der Waals surface area contributed by atoms with Gasteiger partial charge in [0.2, 0.25) is 0 Å². The van der Waals surface area contributed by atoms with Gasteiger partial charge < -0.3 is 10.2 Å². The number of carbonyl (C=O) groups is 1. The molecule has 6 heteroatoms. The Balaban J connectivity index is 1.85. The first-order chi connectivity index (χ1) is 9.60. The van der Waals surface area contributed by atoms with E-state index in [1.807, 2.05) is 0 Å². The Labute approximate surface area is 129 Å². The second-order valence-corrected chi connectivity index (χ2v) is 5.87. The van der Waals surface area contributed by atoms with E-state index in [9.17, 15) is 4.79 Å². The van der Waals surface area contributed by atoms with Crippen LogP contribution in [0.2, 0.25) is 10.2 Å². The number of halogens is 2. The van der Waals surface area contributed by atoms with Crippen LogP contribution in [-0.2, 0) is 0 Å². The Hall–Kier alpha value is -0.840. The summed E-state index contributed by atoms with van der Waals surface area (Å²) in [6.45, 7) is 6.19. The van der Waals surface area contributed by atoms with Crippen molar-refractivity contribution >= 4 is 29.1 Å². The van der Waals surface area contributed by atoms with Gasteiger partial charge >= 0.3 is 0 Å². The molecule has 0 bridgehead atoms. The molecule has 0 radical (unpaired) electrons. The fraction of sp³-hybridized carbons (Fsp3) is 0.571. The Bertz CT molecular complexity index is 473. The highest BCUT2D eigenvalue weighted by molar-refractivity contribution is 6.35. The van der Waals surface area contributed by atoms with Crippen LogP contribution in [0, 0.1) is 5.92 Å². The molecule has 2 heterocycles. The van der Waals surface area contributed by atoms with Crippen LogP contribution in [0.3, 0.4) is 0 Å². The van der Waals surface area contributed by atoms with Gasteiger partial charge in [-0.25, -0.2) is 4.98 Å². The summed E-state index contributed by atoms with van der Waals surface area (Å²) in [5.74, 6) is 0.357. The average Bonchev–Trinajstić information content (AvgIpc) is 2.47. The number of nitrogens with one attached hydrogen (secondary N) is 1. The maximum atomic E-state index is 12.1. The fourth-order valence-corrected chi connectivity index (χ4v) is 2.77. The Morgan fingerprint density at radius 3 is 2.80 bits per heavy atom. The highest BCUT2D eigenvalue weighted by Gasteiger charge is 2.19. The normalized spacial score (nSPS) is 17.1. The first-order valence-electron chi connectivity index (χ1n) is 6.91. The number of nitrogens with zero attached hydrogens (tertiary/aromatic N) is 2. The third-order valence-electron chi connectivity index (χ3n) is 3.77. The monoisotopic (exact) mass is 315 g/mol. The zero-order valence-electron chi connectivity index (χ0n) is 11.5. The van der Waals surface area contributed by atoms with Gasteiger partial charge in [0.25, 0.3) is 5.91 Å². The summed E-state index contributed by atoms with van der Waals surface area (Å²) in [5.41, 5.74) is 0.387. The second-order valence-electron chi connectivity index (χ2n) is 5.07. The molecule has 0 saturated carbocycles. The standard InChI is InChI=1S/C14H19Cl2N3O/c1-2-19-5-3-10(4-6-19)8-18-14(20)11-7-13(16)17-9-12(11)15/h7,9-10H,2-6,8H2,1H3,(H,18,20). The molecule has 2 rings (SSSR count). The van der Waals surface area contributed by atoms with Crippen molar-refractivity contribution in [2.24, 2.45) is 5.92 Å². The smallest absolute Gasteiger partial charge is 0.252 e. The lowest BCUT2D eigenvalue weighted by molar-refractivity contribution is 0.0937. The number of aromatic nitrogens is 1. The largest absolute Gasteiger partial charge is 0.352 e. The molecule has 1 aromatic heterocycles. The van der Waals surface area contributed by atoms with Gasteiger partial charge in [-0.2, -0.15) is 0 Å². The van der Waals surface area contributed by atoms with E-state index in [2.05, 4.69) is 22.1 Å². The van der Waals surface area contributed by atoms with Crippen molar-refractivity contribution in [2.45, 2.75) is 19.8 Å². The number of amides is 1. The first kappa shape index (κ1) is 15.5. The molecule has 1 saturated heterocycles. The van der Waals surface area contributed by atoms with E-state index >= 15 is 0 Å². The predicted molar refractivity (Wildman–Crippen MR) is 81.4 cm³/mol. The van der Waals surface area contributed by atoms with Gasteiger partial charge in [0.05, 0.1) is 10.6 Å². The molecular formula is C14H19Cl2N3O. The van der Waals surface area contributed by atoms with Gasteiger partial charge in [0.1, 0.15) is 5.15 Å². The number of hydrogen-bond donors (Lipinski definition) is 1. The molecule has 1 aromatic rings. The van der Waals surface area contributed by atoms with Crippen LogP contribution in [0.5, 0.6) is 0 Å². The van der Waals surface area contributed by atoms with Crippen LogP contribution >= 0.6 is 23.2 Å². The van der Waals surface area contributed by atoms with Gasteiger partial charge in [-0.05, 0) is 44.5 Å². The molecule has 0 aromatic carbocycles. The molecule has 0 spiro atoms. The zero-order chi connectivity index (χ0) is 14.5. The van der Waals surface area contributed by atoms with Crippen LogP contribution < -0.4 is 5.32 Å². The molecule has 110 valence electrons. The van der Waals surface area contributed by atoms with Crippen molar-refractivity contribution in [2.75, 3.05) is 26.2 Å². The van der Waals surface area contributed by atoms with Gasteiger partial charge in [-0.3, -0.25) is 4.79 Å². The van der Waals surface area contributed by atoms with Crippen LogP contribution in [-0.4, -0.2) is 42.0 Å². The molecule has 1 fully saturated rings. The van der Waals surface area contributed by atoms with Gasteiger partial charge in [-0.1, -0.05) is 30.1 Å². The Morgan fingerprint density at radius 2 is 2.15 bits per heavy atom. The van der Waals surface area contributed by atoms with Crippen LogP contribution in [0.4, 0.5) is 0 Å². The minimum Gasteiger partial charge on any atom is -0.352 e. The van der Waals surface area contributed by atoms with Crippen molar-refractivity contribution in [1.29, 1.82) is 0 Å². The number of pyridine rings is 1. The van der Waals surface area contributed by atoms with Crippen molar-refractivity contribution in [1.82, 2.24) is 15.2 Å². The van der Waals surface area contributed by atoms with Crippen molar-refractivity contribution < 1.29 is 4.79 Å². The second kappa shape index (κ2) is 7.25. The molecule has 0 atom stereocenters. The average molecular weight is 316 g/mol. The van der Waals surface area contributed by atoms with Crippen molar-refractivity contribution in [3.63, 3.8) is 0 Å². The van der Waals surface area contributed by atoms with E-state index in [1.54, 1.807) is 0 Å². The molecule has 1 amide bonds. The first-order valence-corrected chi connectivity index (χ1v) is 7.67. The molecule has 0 unspecified atom stereocenters. The molecule has 1 N–H and O–H groups in total. The summed E-state index contributed by atoms with van der Waals surface area (Å²) < 4.78 is 0. The van der Waals surface area contributed by atoms with E-state index < -0.39 is 0 Å². The third kappa shape index (κ3) is 4.08. The molecular weight excluding hydrogens is 297 g/mol. The number of piperidine rings is 1. The minimum atomic E-state index is -0.183. The molecule has 1 aliphatic heterocycles. The van der Waals surface area contributed by atoms with E-state index in [1.165, 1.54) is 12.3 Å². The maximum Gasteiger partial charge on any atom is 0.252 e. The predicted octanol–water partition coefficient (Wildman–Crippen LogP) is 2.85. The summed E-state index contributed by atoms with van der Waals surface area (Å²) in [6, 6.07) is 1.50. The van der Waals surface area contributed by atoms with E-state index in [4.69, 9.17) is 23.2 Å².